The van der Waals surface area contributed by atoms with Gasteiger partial charge in [0.25, 0.3) is 0 Å². The molecule has 1 rings (SSSR count). The fourth-order valence-corrected chi connectivity index (χ4v) is 1.93. The van der Waals surface area contributed by atoms with Crippen LogP contribution in [-0.2, 0) is 0 Å². The Bertz CT molecular complexity index is 414. The fraction of sp³-hybridized carbons (Fsp3) is 0.462. The largest absolute Gasteiger partial charge is 0.394 e. The van der Waals surface area contributed by atoms with Crippen molar-refractivity contribution in [3.63, 3.8) is 0 Å². The fourth-order valence-electron chi connectivity index (χ4n) is 1.72. The molecule has 2 N–H and O–H groups in total. The third-order valence-corrected chi connectivity index (χ3v) is 3.50. The topological polar surface area (TPSA) is 56.0 Å². The van der Waals surface area contributed by atoms with E-state index in [1.54, 1.807) is 18.2 Å². The van der Waals surface area contributed by atoms with Crippen LogP contribution in [0.3, 0.4) is 0 Å². The molecular formula is C13H17ClN2O. The van der Waals surface area contributed by atoms with Crippen LogP contribution >= 0.6 is 11.6 Å². The van der Waals surface area contributed by atoms with E-state index in [1.807, 2.05) is 13.8 Å². The van der Waals surface area contributed by atoms with Crippen LogP contribution in [0.2, 0.25) is 5.02 Å². The van der Waals surface area contributed by atoms with Gasteiger partial charge < -0.3 is 10.4 Å². The second-order valence-electron chi connectivity index (χ2n) is 4.04. The van der Waals surface area contributed by atoms with Gasteiger partial charge in [-0.15, -0.1) is 0 Å². The SMILES string of the molecule is CCC(CC)(CO)Nc1cccc(Cl)c1C#N. The van der Waals surface area contributed by atoms with E-state index < -0.39 is 5.54 Å². The van der Waals surface area contributed by atoms with E-state index in [9.17, 15) is 5.11 Å². The van der Waals surface area contributed by atoms with Crippen LogP contribution < -0.4 is 5.32 Å². The van der Waals surface area contributed by atoms with E-state index in [-0.39, 0.29) is 6.61 Å². The Morgan fingerprint density at radius 1 is 1.41 bits per heavy atom. The normalized spacial score (nSPS) is 11.0. The number of hydrogen-bond donors (Lipinski definition) is 2. The average Bonchev–Trinajstić information content (AvgIpc) is 2.36. The summed E-state index contributed by atoms with van der Waals surface area (Å²) in [6.07, 6.45) is 1.55. The van der Waals surface area contributed by atoms with Gasteiger partial charge in [-0.3, -0.25) is 0 Å². The summed E-state index contributed by atoms with van der Waals surface area (Å²) < 4.78 is 0. The molecule has 1 aromatic rings. The number of aliphatic hydroxyl groups excluding tert-OH is 1. The molecule has 3 nitrogen and oxygen atoms in total. The van der Waals surface area contributed by atoms with E-state index in [1.165, 1.54) is 0 Å². The molecule has 0 aromatic heterocycles. The first-order valence-corrected chi connectivity index (χ1v) is 6.08. The first kappa shape index (κ1) is 13.8. The zero-order chi connectivity index (χ0) is 12.9. The van der Waals surface area contributed by atoms with Crippen LogP contribution in [0.25, 0.3) is 0 Å². The van der Waals surface area contributed by atoms with Crippen LogP contribution in [-0.4, -0.2) is 17.3 Å². The molecule has 0 aliphatic heterocycles. The number of aliphatic hydroxyl groups is 1. The molecule has 0 bridgehead atoms. The van der Waals surface area contributed by atoms with Gasteiger partial charge in [-0.1, -0.05) is 31.5 Å². The minimum absolute atomic E-state index is 0.0252. The van der Waals surface area contributed by atoms with E-state index >= 15 is 0 Å². The van der Waals surface area contributed by atoms with E-state index in [0.717, 1.165) is 12.8 Å². The molecule has 0 saturated heterocycles. The van der Waals surface area contributed by atoms with E-state index in [4.69, 9.17) is 16.9 Å². The van der Waals surface area contributed by atoms with Crippen molar-refractivity contribution < 1.29 is 5.11 Å². The van der Waals surface area contributed by atoms with E-state index in [0.29, 0.717) is 16.3 Å². The first-order chi connectivity index (χ1) is 8.12. The lowest BCUT2D eigenvalue weighted by Crippen LogP contribution is -2.41. The summed E-state index contributed by atoms with van der Waals surface area (Å²) in [6.45, 7) is 4.03. The van der Waals surface area contributed by atoms with Gasteiger partial charge in [0.05, 0.1) is 28.4 Å². The lowest BCUT2D eigenvalue weighted by atomic mass is 9.93. The molecule has 92 valence electrons. The Kier molecular flexibility index (Phi) is 4.80. The summed E-state index contributed by atoms with van der Waals surface area (Å²) in [5.74, 6) is 0. The number of halogens is 1. The van der Waals surface area contributed by atoms with Crippen molar-refractivity contribution in [2.75, 3.05) is 11.9 Å². The number of hydrogen-bond acceptors (Lipinski definition) is 3. The molecular weight excluding hydrogens is 236 g/mol. The molecule has 0 fully saturated rings. The van der Waals surface area contributed by atoms with Crippen LogP contribution in [0.1, 0.15) is 32.3 Å². The van der Waals surface area contributed by atoms with Gasteiger partial charge in [-0.2, -0.15) is 5.26 Å². The average molecular weight is 253 g/mol. The highest BCUT2D eigenvalue weighted by atomic mass is 35.5. The van der Waals surface area contributed by atoms with Gasteiger partial charge in [0.1, 0.15) is 6.07 Å². The smallest absolute Gasteiger partial charge is 0.103 e. The maximum absolute atomic E-state index is 9.49. The minimum atomic E-state index is -0.393. The number of rotatable bonds is 5. The van der Waals surface area contributed by atoms with Crippen LogP contribution in [0.5, 0.6) is 0 Å². The Morgan fingerprint density at radius 3 is 2.53 bits per heavy atom. The van der Waals surface area contributed by atoms with Crippen molar-refractivity contribution in [3.8, 4) is 6.07 Å². The monoisotopic (exact) mass is 252 g/mol. The number of nitriles is 1. The van der Waals surface area contributed by atoms with E-state index in [2.05, 4.69) is 11.4 Å². The Morgan fingerprint density at radius 2 is 2.06 bits per heavy atom. The molecule has 17 heavy (non-hydrogen) atoms. The molecule has 0 unspecified atom stereocenters. The summed E-state index contributed by atoms with van der Waals surface area (Å²) in [5, 5.41) is 22.2. The molecule has 0 atom stereocenters. The van der Waals surface area contributed by atoms with Crippen LogP contribution in [0, 0.1) is 11.3 Å². The summed E-state index contributed by atoms with van der Waals surface area (Å²) in [5.41, 5.74) is 0.711. The summed E-state index contributed by atoms with van der Waals surface area (Å²) in [6, 6.07) is 7.36. The van der Waals surface area contributed by atoms with Crippen molar-refractivity contribution in [1.82, 2.24) is 0 Å². The maximum atomic E-state index is 9.49. The lowest BCUT2D eigenvalue weighted by molar-refractivity contribution is 0.202. The van der Waals surface area contributed by atoms with Crippen molar-refractivity contribution in [3.05, 3.63) is 28.8 Å². The molecule has 0 radical (unpaired) electrons. The third-order valence-electron chi connectivity index (χ3n) is 3.18. The van der Waals surface area contributed by atoms with Crippen molar-refractivity contribution in [2.45, 2.75) is 32.2 Å². The Hall–Kier alpha value is -1.24. The quantitative estimate of drug-likeness (QED) is 0.846. The molecule has 0 saturated carbocycles. The van der Waals surface area contributed by atoms with Gasteiger partial charge in [0.2, 0.25) is 0 Å². The lowest BCUT2D eigenvalue weighted by Gasteiger charge is -2.32. The highest BCUT2D eigenvalue weighted by Gasteiger charge is 2.26. The molecule has 0 amide bonds. The Labute approximate surface area is 107 Å². The Balaban J connectivity index is 3.10. The number of benzene rings is 1. The van der Waals surface area contributed by atoms with Crippen molar-refractivity contribution in [2.24, 2.45) is 0 Å². The predicted octanol–water partition coefficient (Wildman–Crippen LogP) is 3.17. The van der Waals surface area contributed by atoms with Gasteiger partial charge in [0.15, 0.2) is 0 Å². The van der Waals surface area contributed by atoms with Crippen LogP contribution in [0.4, 0.5) is 5.69 Å². The molecule has 0 aliphatic rings. The second-order valence-corrected chi connectivity index (χ2v) is 4.45. The standard InChI is InChI=1S/C13H17ClN2O/c1-3-13(4-2,9-17)16-12-7-5-6-11(14)10(12)8-15/h5-7,16-17H,3-4,9H2,1-2H3. The zero-order valence-electron chi connectivity index (χ0n) is 10.1. The second kappa shape index (κ2) is 5.90. The van der Waals surface area contributed by atoms with Gasteiger partial charge in [-0.25, -0.2) is 0 Å². The van der Waals surface area contributed by atoms with Gasteiger partial charge in [-0.05, 0) is 25.0 Å². The maximum Gasteiger partial charge on any atom is 0.103 e. The van der Waals surface area contributed by atoms with Gasteiger partial charge >= 0.3 is 0 Å². The minimum Gasteiger partial charge on any atom is -0.394 e. The third kappa shape index (κ3) is 2.91. The van der Waals surface area contributed by atoms with Crippen molar-refractivity contribution >= 4 is 17.3 Å². The van der Waals surface area contributed by atoms with Crippen molar-refractivity contribution in [1.29, 1.82) is 5.26 Å². The highest BCUT2D eigenvalue weighted by Crippen LogP contribution is 2.28. The predicted molar refractivity (Wildman–Crippen MR) is 70.2 cm³/mol. The molecule has 4 heteroatoms. The molecule has 0 aliphatic carbocycles. The molecule has 1 aromatic carbocycles. The number of nitrogens with one attached hydrogen (secondary N) is 1. The number of nitrogens with zero attached hydrogens (tertiary/aromatic N) is 1. The first-order valence-electron chi connectivity index (χ1n) is 5.70. The highest BCUT2D eigenvalue weighted by molar-refractivity contribution is 6.32. The number of anilines is 1. The summed E-state index contributed by atoms with van der Waals surface area (Å²) >= 11 is 5.96. The van der Waals surface area contributed by atoms with Gasteiger partial charge in [0, 0.05) is 0 Å². The molecule has 0 spiro atoms. The molecule has 0 heterocycles. The van der Waals surface area contributed by atoms with Crippen LogP contribution in [0.15, 0.2) is 18.2 Å². The summed E-state index contributed by atoms with van der Waals surface area (Å²) in [7, 11) is 0. The zero-order valence-corrected chi connectivity index (χ0v) is 10.9. The summed E-state index contributed by atoms with van der Waals surface area (Å²) in [4.78, 5) is 0.